The van der Waals surface area contributed by atoms with E-state index in [2.05, 4.69) is 0 Å². The number of nitrogens with zero attached hydrogens (tertiary/aromatic N) is 1. The topological polar surface area (TPSA) is 57.6 Å². The molecule has 1 heterocycles. The van der Waals surface area contributed by atoms with Gasteiger partial charge in [0.25, 0.3) is 0 Å². The molecule has 3 rings (SSSR count). The van der Waals surface area contributed by atoms with Crippen LogP contribution in [-0.4, -0.2) is 28.4 Å². The summed E-state index contributed by atoms with van der Waals surface area (Å²) in [5.41, 5.74) is 2.37. The fraction of sp³-hybridized carbons (Fsp3) is 0.300. The Labute approximate surface area is 145 Å². The van der Waals surface area contributed by atoms with E-state index in [0.717, 1.165) is 11.1 Å². The molecule has 0 saturated carbocycles. The van der Waals surface area contributed by atoms with Gasteiger partial charge in [-0.1, -0.05) is 43.3 Å². The summed E-state index contributed by atoms with van der Waals surface area (Å²) in [5.74, 6) is -2.01. The van der Waals surface area contributed by atoms with Crippen LogP contribution in [0.15, 0.2) is 48.5 Å². The number of carboxylic acids is 1. The Morgan fingerprint density at radius 3 is 2.72 bits per heavy atom. The molecule has 25 heavy (non-hydrogen) atoms. The molecular weight excluding hydrogens is 321 g/mol. The number of amides is 1. The van der Waals surface area contributed by atoms with Crippen LogP contribution in [0.25, 0.3) is 0 Å². The monoisotopic (exact) mass is 341 g/mol. The van der Waals surface area contributed by atoms with E-state index < -0.39 is 17.9 Å². The van der Waals surface area contributed by atoms with Crippen molar-refractivity contribution in [2.24, 2.45) is 5.92 Å². The van der Waals surface area contributed by atoms with Crippen LogP contribution in [0, 0.1) is 11.7 Å². The van der Waals surface area contributed by atoms with Crippen molar-refractivity contribution in [3.05, 3.63) is 71.0 Å². The zero-order valence-corrected chi connectivity index (χ0v) is 14.0. The smallest absolute Gasteiger partial charge is 0.331 e. The number of rotatable bonds is 4. The molecule has 1 aliphatic heterocycles. The number of benzene rings is 2. The van der Waals surface area contributed by atoms with E-state index in [1.165, 1.54) is 17.0 Å². The lowest BCUT2D eigenvalue weighted by Crippen LogP contribution is -2.46. The maximum Gasteiger partial charge on any atom is 0.331 e. The molecule has 130 valence electrons. The van der Waals surface area contributed by atoms with Gasteiger partial charge in [-0.15, -0.1) is 0 Å². The fourth-order valence-electron chi connectivity index (χ4n) is 3.46. The highest BCUT2D eigenvalue weighted by Crippen LogP contribution is 2.31. The van der Waals surface area contributed by atoms with Gasteiger partial charge >= 0.3 is 5.97 Å². The molecule has 2 aromatic carbocycles. The normalized spacial score (nSPS) is 17.7. The zero-order valence-electron chi connectivity index (χ0n) is 14.0. The quantitative estimate of drug-likeness (QED) is 0.929. The summed E-state index contributed by atoms with van der Waals surface area (Å²) < 4.78 is 13.3. The minimum Gasteiger partial charge on any atom is -0.479 e. The minimum absolute atomic E-state index is 0.217. The van der Waals surface area contributed by atoms with Crippen molar-refractivity contribution in [1.29, 1.82) is 0 Å². The van der Waals surface area contributed by atoms with Gasteiger partial charge in [-0.2, -0.15) is 0 Å². The van der Waals surface area contributed by atoms with Crippen LogP contribution >= 0.6 is 0 Å². The van der Waals surface area contributed by atoms with Gasteiger partial charge in [-0.25, -0.2) is 9.18 Å². The van der Waals surface area contributed by atoms with Crippen LogP contribution in [0.1, 0.15) is 29.7 Å². The van der Waals surface area contributed by atoms with Gasteiger partial charge in [-0.05, 0) is 41.7 Å². The van der Waals surface area contributed by atoms with Gasteiger partial charge in [-0.3, -0.25) is 4.79 Å². The third-order valence-electron chi connectivity index (χ3n) is 4.65. The number of carbonyl (C=O) groups is 2. The molecule has 0 saturated heterocycles. The van der Waals surface area contributed by atoms with Gasteiger partial charge in [0.2, 0.25) is 5.91 Å². The lowest BCUT2D eigenvalue weighted by atomic mass is 9.90. The van der Waals surface area contributed by atoms with Gasteiger partial charge in [0, 0.05) is 12.5 Å². The Kier molecular flexibility index (Phi) is 4.83. The Hall–Kier alpha value is -2.69. The molecule has 2 unspecified atom stereocenters. The van der Waals surface area contributed by atoms with E-state index >= 15 is 0 Å². The van der Waals surface area contributed by atoms with E-state index in [1.807, 2.05) is 12.1 Å². The Bertz CT molecular complexity index is 805. The molecule has 1 aliphatic rings. The number of carbonyl (C=O) groups excluding carboxylic acids is 1. The van der Waals surface area contributed by atoms with Gasteiger partial charge < -0.3 is 10.0 Å². The van der Waals surface area contributed by atoms with Crippen LogP contribution in [0.4, 0.5) is 4.39 Å². The third-order valence-corrected chi connectivity index (χ3v) is 4.65. The average molecular weight is 341 g/mol. The van der Waals surface area contributed by atoms with Crippen molar-refractivity contribution in [1.82, 2.24) is 4.90 Å². The summed E-state index contributed by atoms with van der Waals surface area (Å²) in [6.07, 6.45) is 1.01. The van der Waals surface area contributed by atoms with Crippen molar-refractivity contribution in [2.45, 2.75) is 25.8 Å². The fourth-order valence-corrected chi connectivity index (χ4v) is 3.46. The molecule has 0 aliphatic carbocycles. The molecule has 5 heteroatoms. The Morgan fingerprint density at radius 2 is 2.00 bits per heavy atom. The highest BCUT2D eigenvalue weighted by molar-refractivity contribution is 5.86. The summed E-state index contributed by atoms with van der Waals surface area (Å²) in [6.45, 7) is 2.13. The minimum atomic E-state index is -1.03. The highest BCUT2D eigenvalue weighted by Gasteiger charge is 2.37. The van der Waals surface area contributed by atoms with Crippen molar-refractivity contribution in [2.75, 3.05) is 6.54 Å². The number of aliphatic carboxylic acids is 1. The summed E-state index contributed by atoms with van der Waals surface area (Å²) in [4.78, 5) is 26.1. The molecule has 1 amide bonds. The molecule has 0 aromatic heterocycles. The zero-order chi connectivity index (χ0) is 18.0. The van der Waals surface area contributed by atoms with E-state index in [9.17, 15) is 19.1 Å². The van der Waals surface area contributed by atoms with Crippen molar-refractivity contribution in [3.8, 4) is 0 Å². The van der Waals surface area contributed by atoms with E-state index in [4.69, 9.17) is 0 Å². The Morgan fingerprint density at radius 1 is 1.24 bits per heavy atom. The molecule has 0 fully saturated rings. The molecule has 0 spiro atoms. The molecule has 0 bridgehead atoms. The molecule has 1 N–H and O–H groups in total. The largest absolute Gasteiger partial charge is 0.479 e. The highest BCUT2D eigenvalue weighted by atomic mass is 19.1. The SMILES string of the molecule is CC(Cc1cccc(F)c1)C(=O)N1CCc2ccccc2C1C(=O)O. The van der Waals surface area contributed by atoms with E-state index in [0.29, 0.717) is 24.9 Å². The second-order valence-corrected chi connectivity index (χ2v) is 6.46. The van der Waals surface area contributed by atoms with Gasteiger partial charge in [0.05, 0.1) is 0 Å². The van der Waals surface area contributed by atoms with E-state index in [1.54, 1.807) is 31.2 Å². The van der Waals surface area contributed by atoms with Crippen LogP contribution in [0.5, 0.6) is 0 Å². The number of fused-ring (bicyclic) bond motifs is 1. The summed E-state index contributed by atoms with van der Waals surface area (Å²) >= 11 is 0. The first-order chi connectivity index (χ1) is 12.0. The molecule has 0 radical (unpaired) electrons. The molecule has 4 nitrogen and oxygen atoms in total. The number of halogens is 1. The first-order valence-electron chi connectivity index (χ1n) is 8.33. The predicted molar refractivity (Wildman–Crippen MR) is 91.5 cm³/mol. The number of hydrogen-bond donors (Lipinski definition) is 1. The van der Waals surface area contributed by atoms with Crippen LogP contribution in [-0.2, 0) is 22.4 Å². The summed E-state index contributed by atoms with van der Waals surface area (Å²) in [7, 11) is 0. The lowest BCUT2D eigenvalue weighted by Gasteiger charge is -2.36. The first kappa shape index (κ1) is 17.1. The Balaban J connectivity index is 1.82. The maximum absolute atomic E-state index is 13.3. The molecule has 2 aromatic rings. The number of carboxylic acid groups (broad SMARTS) is 1. The molecule has 2 atom stereocenters. The summed E-state index contributed by atoms with van der Waals surface area (Å²) in [5, 5.41) is 9.67. The first-order valence-corrected chi connectivity index (χ1v) is 8.33. The van der Waals surface area contributed by atoms with E-state index in [-0.39, 0.29) is 11.7 Å². The van der Waals surface area contributed by atoms with Crippen molar-refractivity contribution >= 4 is 11.9 Å². The second-order valence-electron chi connectivity index (χ2n) is 6.46. The maximum atomic E-state index is 13.3. The van der Waals surface area contributed by atoms with Crippen LogP contribution in [0.3, 0.4) is 0 Å². The van der Waals surface area contributed by atoms with Crippen molar-refractivity contribution in [3.63, 3.8) is 0 Å². The predicted octanol–water partition coefficient (Wildman–Crippen LogP) is 3.21. The number of hydrogen-bond acceptors (Lipinski definition) is 2. The van der Waals surface area contributed by atoms with Crippen LogP contribution < -0.4 is 0 Å². The average Bonchev–Trinajstić information content (AvgIpc) is 2.59. The van der Waals surface area contributed by atoms with Gasteiger partial charge in [0.1, 0.15) is 5.82 Å². The summed E-state index contributed by atoms with van der Waals surface area (Å²) in [6, 6.07) is 12.5. The van der Waals surface area contributed by atoms with Crippen molar-refractivity contribution < 1.29 is 19.1 Å². The standard InChI is InChI=1S/C20H20FNO3/c1-13(11-14-5-4-7-16(21)12-14)19(23)22-10-9-15-6-2-3-8-17(15)18(22)20(24)25/h2-8,12-13,18H,9-11H2,1H3,(H,24,25). The third kappa shape index (κ3) is 3.55. The lowest BCUT2D eigenvalue weighted by molar-refractivity contribution is -0.152. The van der Waals surface area contributed by atoms with Gasteiger partial charge in [0.15, 0.2) is 6.04 Å². The van der Waals surface area contributed by atoms with Crippen LogP contribution in [0.2, 0.25) is 0 Å². The second kappa shape index (κ2) is 7.05. The molecular formula is C20H20FNO3.